The highest BCUT2D eigenvalue weighted by Crippen LogP contribution is 2.39. The van der Waals surface area contributed by atoms with Gasteiger partial charge in [-0.25, -0.2) is 9.97 Å². The van der Waals surface area contributed by atoms with Crippen molar-refractivity contribution in [2.75, 3.05) is 18.2 Å². The van der Waals surface area contributed by atoms with Gasteiger partial charge in [-0.1, -0.05) is 12.1 Å². The summed E-state index contributed by atoms with van der Waals surface area (Å²) in [6.45, 7) is 0.655. The van der Waals surface area contributed by atoms with Crippen molar-refractivity contribution in [3.05, 3.63) is 46.1 Å². The van der Waals surface area contributed by atoms with Crippen molar-refractivity contribution in [2.45, 2.75) is 38.0 Å². The number of hydrogen-bond acceptors (Lipinski definition) is 7. The highest BCUT2D eigenvalue weighted by Gasteiger charge is 2.21. The van der Waals surface area contributed by atoms with E-state index in [0.717, 1.165) is 40.2 Å². The third kappa shape index (κ3) is 4.64. The molecule has 4 rings (SSSR count). The van der Waals surface area contributed by atoms with Gasteiger partial charge in [0.15, 0.2) is 0 Å². The molecule has 0 saturated heterocycles. The minimum atomic E-state index is -0.819. The molecule has 0 spiro atoms. The van der Waals surface area contributed by atoms with Gasteiger partial charge in [-0.05, 0) is 48.9 Å². The molecule has 0 atom stereocenters. The van der Waals surface area contributed by atoms with Crippen LogP contribution in [0.2, 0.25) is 0 Å². The summed E-state index contributed by atoms with van der Waals surface area (Å²) in [7, 11) is 1.66. The normalized spacial score (nSPS) is 13.3. The summed E-state index contributed by atoms with van der Waals surface area (Å²) in [4.78, 5) is 22.8. The number of thiophene rings is 1. The van der Waals surface area contributed by atoms with Gasteiger partial charge in [-0.15, -0.1) is 23.1 Å². The Morgan fingerprint density at radius 3 is 2.79 bits per heavy atom. The van der Waals surface area contributed by atoms with E-state index in [2.05, 4.69) is 5.32 Å². The van der Waals surface area contributed by atoms with Gasteiger partial charge in [0, 0.05) is 11.4 Å². The van der Waals surface area contributed by atoms with E-state index in [-0.39, 0.29) is 5.75 Å². The number of aliphatic carboxylic acids is 1. The lowest BCUT2D eigenvalue weighted by atomic mass is 9.97. The van der Waals surface area contributed by atoms with Crippen LogP contribution >= 0.6 is 23.1 Å². The molecule has 2 aromatic heterocycles. The van der Waals surface area contributed by atoms with Crippen molar-refractivity contribution in [3.8, 4) is 5.75 Å². The summed E-state index contributed by atoms with van der Waals surface area (Å²) in [6.07, 6.45) is 4.61. The summed E-state index contributed by atoms with van der Waals surface area (Å²) >= 11 is 3.08. The molecule has 6 nitrogen and oxygen atoms in total. The van der Waals surface area contributed by atoms with Crippen LogP contribution in [0.3, 0.4) is 0 Å². The fourth-order valence-corrected chi connectivity index (χ4v) is 5.42. The smallest absolute Gasteiger partial charge is 0.313 e. The number of anilines is 1. The topological polar surface area (TPSA) is 84.3 Å². The molecule has 152 valence electrons. The fraction of sp³-hybridized carbons (Fsp3) is 0.381. The minimum absolute atomic E-state index is 0.0525. The summed E-state index contributed by atoms with van der Waals surface area (Å²) in [6, 6.07) is 7.98. The number of thioether (sulfide) groups is 1. The quantitative estimate of drug-likeness (QED) is 0.545. The summed E-state index contributed by atoms with van der Waals surface area (Å²) in [5.74, 6) is 2.10. The maximum absolute atomic E-state index is 10.8. The Morgan fingerprint density at radius 1 is 1.24 bits per heavy atom. The van der Waals surface area contributed by atoms with Crippen LogP contribution in [0.5, 0.6) is 5.75 Å². The fourth-order valence-electron chi connectivity index (χ4n) is 3.55. The van der Waals surface area contributed by atoms with Crippen LogP contribution in [0, 0.1) is 0 Å². The van der Waals surface area contributed by atoms with E-state index in [9.17, 15) is 4.79 Å². The van der Waals surface area contributed by atoms with Crippen molar-refractivity contribution in [1.82, 2.24) is 9.97 Å². The number of methoxy groups -OCH3 is 1. The number of rotatable bonds is 8. The van der Waals surface area contributed by atoms with Crippen LogP contribution in [-0.4, -0.2) is 33.9 Å². The van der Waals surface area contributed by atoms with Crippen LogP contribution < -0.4 is 10.1 Å². The van der Waals surface area contributed by atoms with Gasteiger partial charge in [0.05, 0.1) is 24.0 Å². The lowest BCUT2D eigenvalue weighted by molar-refractivity contribution is -0.133. The molecule has 8 heteroatoms. The largest absolute Gasteiger partial charge is 0.497 e. The number of benzene rings is 1. The van der Waals surface area contributed by atoms with Gasteiger partial charge in [-0.2, -0.15) is 0 Å². The van der Waals surface area contributed by atoms with Crippen LogP contribution in [0.25, 0.3) is 10.2 Å². The standard InChI is InChI=1S/C21H23N3O3S2/c1-27-14-8-6-13(7-9-14)10-22-20-19-15-4-2-3-5-16(15)29-21(19)24-17(23-20)11-28-12-18(25)26/h6-9H,2-5,10-12H2,1H3,(H,25,26)(H,22,23,24). The third-order valence-corrected chi connectivity index (χ3v) is 7.04. The number of carbonyl (C=O) groups is 1. The van der Waals surface area contributed by atoms with Gasteiger partial charge >= 0.3 is 5.97 Å². The summed E-state index contributed by atoms with van der Waals surface area (Å²) in [5.41, 5.74) is 2.53. The highest BCUT2D eigenvalue weighted by atomic mass is 32.2. The molecule has 1 aliphatic rings. The molecule has 0 aliphatic heterocycles. The molecule has 0 saturated carbocycles. The van der Waals surface area contributed by atoms with Gasteiger partial charge in [-0.3, -0.25) is 4.79 Å². The molecule has 1 aliphatic carbocycles. The number of carboxylic acid groups (broad SMARTS) is 1. The van der Waals surface area contributed by atoms with E-state index >= 15 is 0 Å². The van der Waals surface area contributed by atoms with Crippen LogP contribution in [0.1, 0.15) is 34.7 Å². The van der Waals surface area contributed by atoms with Crippen molar-refractivity contribution < 1.29 is 14.6 Å². The van der Waals surface area contributed by atoms with Crippen LogP contribution in [-0.2, 0) is 29.9 Å². The second kappa shape index (κ2) is 9.00. The molecule has 0 amide bonds. The molecule has 0 radical (unpaired) electrons. The number of aryl methyl sites for hydroxylation is 2. The van der Waals surface area contributed by atoms with E-state index in [1.54, 1.807) is 18.4 Å². The van der Waals surface area contributed by atoms with E-state index in [1.807, 2.05) is 24.3 Å². The van der Waals surface area contributed by atoms with Crippen molar-refractivity contribution in [2.24, 2.45) is 0 Å². The Morgan fingerprint density at radius 2 is 2.03 bits per heavy atom. The lowest BCUT2D eigenvalue weighted by Gasteiger charge is -2.13. The average molecular weight is 430 g/mol. The molecule has 3 aromatic rings. The zero-order valence-electron chi connectivity index (χ0n) is 16.2. The van der Waals surface area contributed by atoms with Gasteiger partial charge in [0.2, 0.25) is 0 Å². The Balaban J connectivity index is 1.62. The van der Waals surface area contributed by atoms with E-state index in [0.29, 0.717) is 18.1 Å². The zero-order chi connectivity index (χ0) is 20.2. The number of fused-ring (bicyclic) bond motifs is 3. The number of carboxylic acids is 1. The van der Waals surface area contributed by atoms with Crippen LogP contribution in [0.15, 0.2) is 24.3 Å². The number of hydrogen-bond donors (Lipinski definition) is 2. The molecule has 29 heavy (non-hydrogen) atoms. The second-order valence-electron chi connectivity index (χ2n) is 6.97. The molecular weight excluding hydrogens is 406 g/mol. The second-order valence-corrected chi connectivity index (χ2v) is 9.04. The number of aromatic nitrogens is 2. The van der Waals surface area contributed by atoms with Gasteiger partial charge in [0.1, 0.15) is 22.2 Å². The molecule has 0 bridgehead atoms. The highest BCUT2D eigenvalue weighted by molar-refractivity contribution is 7.99. The molecule has 2 N–H and O–H groups in total. The summed E-state index contributed by atoms with van der Waals surface area (Å²) < 4.78 is 5.23. The van der Waals surface area contributed by atoms with Crippen molar-refractivity contribution >= 4 is 45.1 Å². The van der Waals surface area contributed by atoms with E-state index in [1.165, 1.54) is 35.0 Å². The Bertz CT molecular complexity index is 1020. The van der Waals surface area contributed by atoms with Gasteiger partial charge < -0.3 is 15.2 Å². The first-order valence-corrected chi connectivity index (χ1v) is 11.6. The number of ether oxygens (including phenoxy) is 1. The monoisotopic (exact) mass is 429 g/mol. The first kappa shape index (κ1) is 20.0. The third-order valence-electron chi connectivity index (χ3n) is 4.94. The number of nitrogens with zero attached hydrogens (tertiary/aromatic N) is 2. The SMILES string of the molecule is COc1ccc(CNc2nc(CSCC(=O)O)nc3sc4c(c23)CCCC4)cc1. The molecule has 1 aromatic carbocycles. The molecule has 2 heterocycles. The predicted molar refractivity (Wildman–Crippen MR) is 118 cm³/mol. The molecular formula is C21H23N3O3S2. The van der Waals surface area contributed by atoms with Crippen molar-refractivity contribution in [1.29, 1.82) is 0 Å². The predicted octanol–water partition coefficient (Wildman–Crippen LogP) is 4.51. The Kier molecular flexibility index (Phi) is 6.20. The average Bonchev–Trinajstić information content (AvgIpc) is 3.10. The maximum Gasteiger partial charge on any atom is 0.313 e. The first-order valence-electron chi connectivity index (χ1n) is 9.61. The van der Waals surface area contributed by atoms with E-state index in [4.69, 9.17) is 19.8 Å². The maximum atomic E-state index is 10.8. The van der Waals surface area contributed by atoms with Gasteiger partial charge in [0.25, 0.3) is 0 Å². The zero-order valence-corrected chi connectivity index (χ0v) is 17.9. The first-order chi connectivity index (χ1) is 14.1. The molecule has 0 fully saturated rings. The number of nitrogens with one attached hydrogen (secondary N) is 1. The minimum Gasteiger partial charge on any atom is -0.497 e. The molecule has 0 unspecified atom stereocenters. The Labute approximate surface area is 177 Å². The lowest BCUT2D eigenvalue weighted by Crippen LogP contribution is -2.07. The summed E-state index contributed by atoms with van der Waals surface area (Å²) in [5, 5.41) is 13.5. The van der Waals surface area contributed by atoms with Crippen molar-refractivity contribution in [3.63, 3.8) is 0 Å². The van der Waals surface area contributed by atoms with Crippen LogP contribution in [0.4, 0.5) is 5.82 Å². The Hall–Kier alpha value is -2.32. The van der Waals surface area contributed by atoms with E-state index < -0.39 is 5.97 Å².